The Balaban J connectivity index is 2.82. The molecule has 2 N–H and O–H groups in total. The second-order valence-corrected chi connectivity index (χ2v) is 4.96. The van der Waals surface area contributed by atoms with E-state index in [1.54, 1.807) is 0 Å². The molecular weight excluding hydrogens is 267 g/mol. The summed E-state index contributed by atoms with van der Waals surface area (Å²) in [7, 11) is 0. The summed E-state index contributed by atoms with van der Waals surface area (Å²) in [5.74, 6) is -2.13. The van der Waals surface area contributed by atoms with E-state index < -0.39 is 28.3 Å². The van der Waals surface area contributed by atoms with Gasteiger partial charge in [0.25, 0.3) is 5.69 Å². The highest BCUT2D eigenvalue weighted by molar-refractivity contribution is 5.71. The Bertz CT molecular complexity index is 505. The summed E-state index contributed by atoms with van der Waals surface area (Å²) in [6.45, 7) is 3.85. The van der Waals surface area contributed by atoms with Crippen LogP contribution in [0.3, 0.4) is 0 Å². The number of carbonyl (C=O) groups is 1. The van der Waals surface area contributed by atoms with Crippen LogP contribution in [0.25, 0.3) is 0 Å². The lowest BCUT2D eigenvalue weighted by Gasteiger charge is -2.16. The lowest BCUT2D eigenvalue weighted by atomic mass is 9.97. The zero-order valence-electron chi connectivity index (χ0n) is 11.3. The van der Waals surface area contributed by atoms with Gasteiger partial charge in [0, 0.05) is 6.54 Å². The standard InChI is InChI=1S/C13H17FN2O4/c1-8(2)5-9(13(17)18)7-15-11-4-3-10(14)6-12(11)16(19)20/h3-4,6,8-9,15H,5,7H2,1-2H3,(H,17,18). The number of carboxylic acid groups (broad SMARTS) is 1. The van der Waals surface area contributed by atoms with Gasteiger partial charge >= 0.3 is 5.97 Å². The third kappa shape index (κ3) is 4.49. The average Bonchev–Trinajstić information content (AvgIpc) is 2.34. The van der Waals surface area contributed by atoms with Crippen molar-refractivity contribution < 1.29 is 19.2 Å². The zero-order chi connectivity index (χ0) is 15.3. The van der Waals surface area contributed by atoms with E-state index in [0.717, 1.165) is 12.1 Å². The second kappa shape index (κ2) is 6.83. The van der Waals surface area contributed by atoms with E-state index >= 15 is 0 Å². The van der Waals surface area contributed by atoms with Gasteiger partial charge in [0.05, 0.1) is 16.9 Å². The maximum atomic E-state index is 13.0. The third-order valence-electron chi connectivity index (χ3n) is 2.80. The van der Waals surface area contributed by atoms with Crippen molar-refractivity contribution in [2.45, 2.75) is 20.3 Å². The molecule has 0 heterocycles. The van der Waals surface area contributed by atoms with E-state index in [1.165, 1.54) is 6.07 Å². The van der Waals surface area contributed by atoms with E-state index in [0.29, 0.717) is 6.42 Å². The number of carboxylic acids is 1. The van der Waals surface area contributed by atoms with E-state index in [9.17, 15) is 19.3 Å². The number of hydrogen-bond donors (Lipinski definition) is 2. The highest BCUT2D eigenvalue weighted by Gasteiger charge is 2.21. The molecule has 1 unspecified atom stereocenters. The molecule has 1 rings (SSSR count). The van der Waals surface area contributed by atoms with Gasteiger partial charge in [0.15, 0.2) is 0 Å². The van der Waals surface area contributed by atoms with Crippen molar-refractivity contribution in [1.82, 2.24) is 0 Å². The molecule has 0 aromatic heterocycles. The SMILES string of the molecule is CC(C)CC(CNc1ccc(F)cc1[N+](=O)[O-])C(=O)O. The zero-order valence-corrected chi connectivity index (χ0v) is 11.3. The van der Waals surface area contributed by atoms with Crippen LogP contribution in [-0.2, 0) is 4.79 Å². The largest absolute Gasteiger partial charge is 0.481 e. The van der Waals surface area contributed by atoms with E-state index in [4.69, 9.17) is 5.11 Å². The first-order valence-electron chi connectivity index (χ1n) is 6.22. The summed E-state index contributed by atoms with van der Waals surface area (Å²) < 4.78 is 13.0. The number of aliphatic carboxylic acids is 1. The molecule has 110 valence electrons. The fourth-order valence-corrected chi connectivity index (χ4v) is 1.88. The highest BCUT2D eigenvalue weighted by atomic mass is 19.1. The molecule has 0 aliphatic carbocycles. The molecule has 0 saturated carbocycles. The van der Waals surface area contributed by atoms with Crippen molar-refractivity contribution in [3.63, 3.8) is 0 Å². The van der Waals surface area contributed by atoms with Gasteiger partial charge in [0.1, 0.15) is 11.5 Å². The first-order valence-corrected chi connectivity index (χ1v) is 6.22. The fraction of sp³-hybridized carbons (Fsp3) is 0.462. The van der Waals surface area contributed by atoms with Crippen LogP contribution in [0.2, 0.25) is 0 Å². The van der Waals surface area contributed by atoms with Gasteiger partial charge in [0.2, 0.25) is 0 Å². The Hall–Kier alpha value is -2.18. The monoisotopic (exact) mass is 284 g/mol. The number of nitrogens with zero attached hydrogens (tertiary/aromatic N) is 1. The first-order chi connectivity index (χ1) is 9.31. The minimum Gasteiger partial charge on any atom is -0.481 e. The number of rotatable bonds is 7. The fourth-order valence-electron chi connectivity index (χ4n) is 1.88. The summed E-state index contributed by atoms with van der Waals surface area (Å²) in [6, 6.07) is 3.13. The molecule has 1 aromatic rings. The molecular formula is C13H17FN2O4. The number of halogens is 1. The number of nitro groups is 1. The van der Waals surface area contributed by atoms with Gasteiger partial charge in [-0.05, 0) is 24.5 Å². The van der Waals surface area contributed by atoms with Crippen LogP contribution in [-0.4, -0.2) is 22.5 Å². The molecule has 7 heteroatoms. The van der Waals surface area contributed by atoms with Crippen molar-refractivity contribution >= 4 is 17.3 Å². The van der Waals surface area contributed by atoms with Crippen LogP contribution in [0.4, 0.5) is 15.8 Å². The van der Waals surface area contributed by atoms with Crippen LogP contribution in [0.1, 0.15) is 20.3 Å². The van der Waals surface area contributed by atoms with Crippen molar-refractivity contribution in [3.8, 4) is 0 Å². The molecule has 6 nitrogen and oxygen atoms in total. The van der Waals surface area contributed by atoms with Gasteiger partial charge in [-0.2, -0.15) is 0 Å². The Morgan fingerprint density at radius 1 is 1.50 bits per heavy atom. The molecule has 0 radical (unpaired) electrons. The lowest BCUT2D eigenvalue weighted by Crippen LogP contribution is -2.24. The van der Waals surface area contributed by atoms with Crippen LogP contribution in [0, 0.1) is 27.8 Å². The molecule has 0 aliphatic rings. The molecule has 0 aliphatic heterocycles. The maximum absolute atomic E-state index is 13.0. The molecule has 1 atom stereocenters. The molecule has 1 aromatic carbocycles. The van der Waals surface area contributed by atoms with Crippen LogP contribution < -0.4 is 5.32 Å². The Morgan fingerprint density at radius 3 is 2.65 bits per heavy atom. The van der Waals surface area contributed by atoms with Gasteiger partial charge in [-0.3, -0.25) is 14.9 Å². The highest BCUT2D eigenvalue weighted by Crippen LogP contribution is 2.25. The Labute approximate surface area is 115 Å². The number of nitro benzene ring substituents is 1. The van der Waals surface area contributed by atoms with Crippen molar-refractivity contribution in [2.75, 3.05) is 11.9 Å². The summed E-state index contributed by atoms with van der Waals surface area (Å²) >= 11 is 0. The molecule has 0 fully saturated rings. The van der Waals surface area contributed by atoms with Crippen molar-refractivity contribution in [1.29, 1.82) is 0 Å². The smallest absolute Gasteiger partial charge is 0.308 e. The number of nitrogens with one attached hydrogen (secondary N) is 1. The summed E-state index contributed by atoms with van der Waals surface area (Å²) in [6.07, 6.45) is 0.456. The Morgan fingerprint density at radius 2 is 2.15 bits per heavy atom. The normalized spacial score (nSPS) is 12.2. The minimum absolute atomic E-state index is 0.0555. The third-order valence-corrected chi connectivity index (χ3v) is 2.80. The van der Waals surface area contributed by atoms with Crippen molar-refractivity contribution in [3.05, 3.63) is 34.1 Å². The number of benzene rings is 1. The second-order valence-electron chi connectivity index (χ2n) is 4.96. The summed E-state index contributed by atoms with van der Waals surface area (Å²) in [4.78, 5) is 21.2. The van der Waals surface area contributed by atoms with E-state index in [1.807, 2.05) is 13.8 Å². The van der Waals surface area contributed by atoms with Crippen LogP contribution in [0.5, 0.6) is 0 Å². The molecule has 20 heavy (non-hydrogen) atoms. The topological polar surface area (TPSA) is 92.5 Å². The molecule has 0 amide bonds. The van der Waals surface area contributed by atoms with Gasteiger partial charge in [-0.15, -0.1) is 0 Å². The maximum Gasteiger partial charge on any atom is 0.308 e. The predicted octanol–water partition coefficient (Wildman–Crippen LogP) is 2.89. The predicted molar refractivity (Wildman–Crippen MR) is 72.1 cm³/mol. The quantitative estimate of drug-likeness (QED) is 0.593. The van der Waals surface area contributed by atoms with Gasteiger partial charge in [-0.25, -0.2) is 4.39 Å². The lowest BCUT2D eigenvalue weighted by molar-refractivity contribution is -0.384. The first kappa shape index (κ1) is 15.9. The number of anilines is 1. The van der Waals surface area contributed by atoms with Gasteiger partial charge in [-0.1, -0.05) is 13.8 Å². The average molecular weight is 284 g/mol. The molecule has 0 bridgehead atoms. The Kier molecular flexibility index (Phi) is 5.42. The van der Waals surface area contributed by atoms with E-state index in [-0.39, 0.29) is 18.2 Å². The minimum atomic E-state index is -0.962. The summed E-state index contributed by atoms with van der Waals surface area (Å²) in [5, 5.41) is 22.6. The molecule has 0 spiro atoms. The van der Waals surface area contributed by atoms with E-state index in [2.05, 4.69) is 5.32 Å². The van der Waals surface area contributed by atoms with Crippen molar-refractivity contribution in [2.24, 2.45) is 11.8 Å². The van der Waals surface area contributed by atoms with Crippen LogP contribution >= 0.6 is 0 Å². The summed E-state index contributed by atoms with van der Waals surface area (Å²) in [5.41, 5.74) is -0.287. The van der Waals surface area contributed by atoms with Crippen LogP contribution in [0.15, 0.2) is 18.2 Å². The van der Waals surface area contributed by atoms with Gasteiger partial charge < -0.3 is 10.4 Å². The molecule has 0 saturated heterocycles. The number of hydrogen-bond acceptors (Lipinski definition) is 4.